The molecule has 1 heterocycles. The number of thiophene rings is 1. The van der Waals surface area contributed by atoms with E-state index < -0.39 is 5.97 Å². The smallest absolute Gasteiger partial charge is 0.337 e. The molecule has 2 rings (SSSR count). The Kier molecular flexibility index (Phi) is 3.44. The first-order chi connectivity index (χ1) is 8.16. The maximum atomic E-state index is 11.1. The molecule has 1 aromatic carbocycles. The van der Waals surface area contributed by atoms with Gasteiger partial charge in [0.1, 0.15) is 0 Å². The number of benzene rings is 1. The van der Waals surface area contributed by atoms with Crippen molar-refractivity contribution in [1.29, 1.82) is 0 Å². The average Bonchev–Trinajstić information content (AvgIpc) is 2.80. The van der Waals surface area contributed by atoms with Gasteiger partial charge < -0.3 is 10.4 Å². The quantitative estimate of drug-likeness (QED) is 0.871. The van der Waals surface area contributed by atoms with Gasteiger partial charge in [-0.25, -0.2) is 4.79 Å². The molecule has 88 valence electrons. The third kappa shape index (κ3) is 2.85. The molecule has 0 bridgehead atoms. The van der Waals surface area contributed by atoms with Gasteiger partial charge in [-0.05, 0) is 41.4 Å². The van der Waals surface area contributed by atoms with Crippen LogP contribution in [0.4, 0.5) is 5.69 Å². The third-order valence-corrected chi connectivity index (χ3v) is 3.20. The van der Waals surface area contributed by atoms with Crippen LogP contribution in [0, 0.1) is 6.92 Å². The molecule has 0 fully saturated rings. The molecule has 0 unspecified atom stereocenters. The van der Waals surface area contributed by atoms with E-state index in [2.05, 4.69) is 5.32 Å². The second-order valence-corrected chi connectivity index (χ2v) is 4.62. The molecule has 1 aromatic heterocycles. The fourth-order valence-electron chi connectivity index (χ4n) is 1.58. The van der Waals surface area contributed by atoms with Gasteiger partial charge >= 0.3 is 5.97 Å². The lowest BCUT2D eigenvalue weighted by atomic mass is 10.1. The number of hydrogen-bond donors (Lipinski definition) is 2. The normalized spacial score (nSPS) is 10.2. The minimum Gasteiger partial charge on any atom is -0.478 e. The van der Waals surface area contributed by atoms with Gasteiger partial charge in [0.2, 0.25) is 0 Å². The first-order valence-corrected chi connectivity index (χ1v) is 6.20. The Balaban J connectivity index is 2.17. The number of aromatic carboxylic acids is 1. The maximum absolute atomic E-state index is 11.1. The minimum atomic E-state index is -0.901. The molecule has 0 saturated carbocycles. The number of carboxylic acid groups (broad SMARTS) is 1. The number of rotatable bonds is 4. The molecule has 0 aliphatic carbocycles. The molecule has 2 N–H and O–H groups in total. The van der Waals surface area contributed by atoms with Crippen LogP contribution in [0.25, 0.3) is 0 Å². The Hall–Kier alpha value is -1.81. The van der Waals surface area contributed by atoms with Gasteiger partial charge in [-0.1, -0.05) is 11.6 Å². The van der Waals surface area contributed by atoms with E-state index in [0.29, 0.717) is 17.8 Å². The largest absolute Gasteiger partial charge is 0.478 e. The standard InChI is InChI=1S/C13H13NO2S/c1-9-2-3-12(11(6-9)13(15)16)14-7-10-4-5-17-8-10/h2-6,8,14H,7H2,1H3,(H,15,16). The molecule has 0 aliphatic heterocycles. The highest BCUT2D eigenvalue weighted by molar-refractivity contribution is 7.07. The summed E-state index contributed by atoms with van der Waals surface area (Å²) in [5.41, 5.74) is 3.09. The molecular weight excluding hydrogens is 234 g/mol. The number of carbonyl (C=O) groups is 1. The van der Waals surface area contributed by atoms with Crippen molar-refractivity contribution in [2.24, 2.45) is 0 Å². The summed E-state index contributed by atoms with van der Waals surface area (Å²) in [7, 11) is 0. The SMILES string of the molecule is Cc1ccc(NCc2ccsc2)c(C(=O)O)c1. The molecular formula is C13H13NO2S. The fraction of sp³-hybridized carbons (Fsp3) is 0.154. The Bertz CT molecular complexity index is 520. The van der Waals surface area contributed by atoms with Crippen LogP contribution in [-0.4, -0.2) is 11.1 Å². The molecule has 3 nitrogen and oxygen atoms in total. The highest BCUT2D eigenvalue weighted by Gasteiger charge is 2.09. The third-order valence-electron chi connectivity index (χ3n) is 2.47. The first kappa shape index (κ1) is 11.7. The van der Waals surface area contributed by atoms with Gasteiger partial charge in [0.15, 0.2) is 0 Å². The summed E-state index contributed by atoms with van der Waals surface area (Å²) in [5, 5.41) is 16.3. The maximum Gasteiger partial charge on any atom is 0.337 e. The Labute approximate surface area is 104 Å². The van der Waals surface area contributed by atoms with Crippen molar-refractivity contribution < 1.29 is 9.90 Å². The molecule has 0 saturated heterocycles. The van der Waals surface area contributed by atoms with Crippen LogP contribution >= 0.6 is 11.3 Å². The Morgan fingerprint density at radius 1 is 1.41 bits per heavy atom. The van der Waals surface area contributed by atoms with Crippen molar-refractivity contribution in [2.45, 2.75) is 13.5 Å². The van der Waals surface area contributed by atoms with E-state index in [1.54, 1.807) is 17.4 Å². The van der Waals surface area contributed by atoms with Gasteiger partial charge in [-0.15, -0.1) is 0 Å². The molecule has 0 aliphatic rings. The van der Waals surface area contributed by atoms with Gasteiger partial charge in [0.25, 0.3) is 0 Å². The van der Waals surface area contributed by atoms with Crippen molar-refractivity contribution in [2.75, 3.05) is 5.32 Å². The second kappa shape index (κ2) is 5.01. The topological polar surface area (TPSA) is 49.3 Å². The van der Waals surface area contributed by atoms with Crippen LogP contribution in [0.3, 0.4) is 0 Å². The zero-order valence-electron chi connectivity index (χ0n) is 9.43. The van der Waals surface area contributed by atoms with Crippen molar-refractivity contribution in [1.82, 2.24) is 0 Å². The van der Waals surface area contributed by atoms with E-state index in [1.807, 2.05) is 35.9 Å². The zero-order valence-corrected chi connectivity index (χ0v) is 10.3. The van der Waals surface area contributed by atoms with E-state index in [9.17, 15) is 4.79 Å². The molecule has 0 atom stereocenters. The van der Waals surface area contributed by atoms with Crippen LogP contribution < -0.4 is 5.32 Å². The molecule has 4 heteroatoms. The zero-order chi connectivity index (χ0) is 12.3. The van der Waals surface area contributed by atoms with Crippen LogP contribution in [0.2, 0.25) is 0 Å². The Morgan fingerprint density at radius 2 is 2.24 bits per heavy atom. The number of anilines is 1. The summed E-state index contributed by atoms with van der Waals surface area (Å²) in [5.74, 6) is -0.901. The number of aryl methyl sites for hydroxylation is 1. The molecule has 17 heavy (non-hydrogen) atoms. The lowest BCUT2D eigenvalue weighted by Crippen LogP contribution is -2.06. The second-order valence-electron chi connectivity index (χ2n) is 3.84. The van der Waals surface area contributed by atoms with Crippen molar-refractivity contribution >= 4 is 23.0 Å². The predicted molar refractivity (Wildman–Crippen MR) is 69.8 cm³/mol. The monoisotopic (exact) mass is 247 g/mol. The lowest BCUT2D eigenvalue weighted by molar-refractivity contribution is 0.0698. The van der Waals surface area contributed by atoms with E-state index in [-0.39, 0.29) is 0 Å². The Morgan fingerprint density at radius 3 is 2.88 bits per heavy atom. The van der Waals surface area contributed by atoms with Gasteiger partial charge in [-0.3, -0.25) is 0 Å². The van der Waals surface area contributed by atoms with Crippen LogP contribution in [0.15, 0.2) is 35.0 Å². The summed E-state index contributed by atoms with van der Waals surface area (Å²) in [6, 6.07) is 7.41. The summed E-state index contributed by atoms with van der Waals surface area (Å²) < 4.78 is 0. The van der Waals surface area contributed by atoms with Gasteiger partial charge in [0, 0.05) is 12.2 Å². The summed E-state index contributed by atoms with van der Waals surface area (Å²) >= 11 is 1.63. The number of hydrogen-bond acceptors (Lipinski definition) is 3. The molecule has 0 spiro atoms. The summed E-state index contributed by atoms with van der Waals surface area (Å²) in [4.78, 5) is 11.1. The molecule has 2 aromatic rings. The van der Waals surface area contributed by atoms with Crippen LogP contribution in [0.5, 0.6) is 0 Å². The average molecular weight is 247 g/mol. The van der Waals surface area contributed by atoms with Gasteiger partial charge in [-0.2, -0.15) is 11.3 Å². The lowest BCUT2D eigenvalue weighted by Gasteiger charge is -2.09. The van der Waals surface area contributed by atoms with Gasteiger partial charge in [0.05, 0.1) is 5.56 Å². The van der Waals surface area contributed by atoms with Crippen molar-refractivity contribution in [3.63, 3.8) is 0 Å². The highest BCUT2D eigenvalue weighted by atomic mass is 32.1. The summed E-state index contributed by atoms with van der Waals surface area (Å²) in [6.45, 7) is 2.53. The molecule has 0 radical (unpaired) electrons. The highest BCUT2D eigenvalue weighted by Crippen LogP contribution is 2.18. The first-order valence-electron chi connectivity index (χ1n) is 5.25. The number of nitrogens with one attached hydrogen (secondary N) is 1. The van der Waals surface area contributed by atoms with Crippen LogP contribution in [0.1, 0.15) is 21.5 Å². The number of carboxylic acids is 1. The van der Waals surface area contributed by atoms with E-state index >= 15 is 0 Å². The molecule has 0 amide bonds. The minimum absolute atomic E-state index is 0.320. The van der Waals surface area contributed by atoms with Crippen molar-refractivity contribution in [3.8, 4) is 0 Å². The van der Waals surface area contributed by atoms with E-state index in [1.165, 1.54) is 0 Å². The predicted octanol–water partition coefficient (Wildman–Crippen LogP) is 3.37. The van der Waals surface area contributed by atoms with E-state index in [0.717, 1.165) is 11.1 Å². The van der Waals surface area contributed by atoms with E-state index in [4.69, 9.17) is 5.11 Å². The fourth-order valence-corrected chi connectivity index (χ4v) is 2.25. The summed E-state index contributed by atoms with van der Waals surface area (Å²) in [6.07, 6.45) is 0. The van der Waals surface area contributed by atoms with Crippen LogP contribution in [-0.2, 0) is 6.54 Å². The van der Waals surface area contributed by atoms with Crippen molar-refractivity contribution in [3.05, 3.63) is 51.7 Å².